The summed E-state index contributed by atoms with van der Waals surface area (Å²) >= 11 is 0. The van der Waals surface area contributed by atoms with Crippen molar-refractivity contribution in [3.05, 3.63) is 35.9 Å². The van der Waals surface area contributed by atoms with Crippen molar-refractivity contribution in [1.29, 1.82) is 0 Å². The lowest BCUT2D eigenvalue weighted by molar-refractivity contribution is -0.293. The van der Waals surface area contributed by atoms with Crippen molar-refractivity contribution < 1.29 is 19.3 Å². The summed E-state index contributed by atoms with van der Waals surface area (Å²) in [5.74, 6) is -1.16. The van der Waals surface area contributed by atoms with E-state index in [-0.39, 0.29) is 0 Å². The standard InChI is InChI=1S/C10H11NO4/c1-8(12)15-11(14-2)10(13)9-6-4-3-5-7-9/h3-7H,1-2H3. The Balaban J connectivity index is 2.78. The van der Waals surface area contributed by atoms with Gasteiger partial charge in [0.25, 0.3) is 0 Å². The lowest BCUT2D eigenvalue weighted by Crippen LogP contribution is -2.31. The normalized spacial score (nSPS) is 9.47. The van der Waals surface area contributed by atoms with Crippen LogP contribution in [0.1, 0.15) is 17.3 Å². The second kappa shape index (κ2) is 5.11. The minimum absolute atomic E-state index is 0.376. The van der Waals surface area contributed by atoms with Gasteiger partial charge in [0.05, 0.1) is 7.11 Å². The molecule has 5 nitrogen and oxygen atoms in total. The van der Waals surface area contributed by atoms with Gasteiger partial charge in [-0.1, -0.05) is 18.2 Å². The van der Waals surface area contributed by atoms with E-state index >= 15 is 0 Å². The molecule has 80 valence electrons. The van der Waals surface area contributed by atoms with E-state index in [9.17, 15) is 9.59 Å². The highest BCUT2D eigenvalue weighted by Gasteiger charge is 2.18. The van der Waals surface area contributed by atoms with Crippen molar-refractivity contribution in [3.8, 4) is 0 Å². The Kier molecular flexibility index (Phi) is 3.82. The zero-order valence-corrected chi connectivity index (χ0v) is 8.47. The Morgan fingerprint density at radius 3 is 2.27 bits per heavy atom. The molecular weight excluding hydrogens is 198 g/mol. The van der Waals surface area contributed by atoms with Crippen molar-refractivity contribution in [2.45, 2.75) is 6.92 Å². The number of benzene rings is 1. The molecule has 0 saturated carbocycles. The number of hydrogen-bond donors (Lipinski definition) is 0. The zero-order valence-electron chi connectivity index (χ0n) is 8.47. The summed E-state index contributed by atoms with van der Waals surface area (Å²) in [6.45, 7) is 1.18. The molecule has 5 heteroatoms. The molecule has 0 bridgehead atoms. The van der Waals surface area contributed by atoms with Crippen molar-refractivity contribution in [3.63, 3.8) is 0 Å². The highest BCUT2D eigenvalue weighted by Crippen LogP contribution is 2.05. The maximum atomic E-state index is 11.6. The van der Waals surface area contributed by atoms with Crippen LogP contribution < -0.4 is 0 Å². The first-order valence-electron chi connectivity index (χ1n) is 4.27. The minimum Gasteiger partial charge on any atom is -0.312 e. The third-order valence-corrected chi connectivity index (χ3v) is 1.56. The molecule has 0 radical (unpaired) electrons. The van der Waals surface area contributed by atoms with E-state index in [0.717, 1.165) is 0 Å². The summed E-state index contributed by atoms with van der Waals surface area (Å²) in [6.07, 6.45) is 0. The molecule has 0 heterocycles. The van der Waals surface area contributed by atoms with Gasteiger partial charge in [0.15, 0.2) is 0 Å². The number of nitrogens with zero attached hydrogens (tertiary/aromatic N) is 1. The first-order chi connectivity index (χ1) is 7.15. The van der Waals surface area contributed by atoms with Crippen LogP contribution in [0.2, 0.25) is 0 Å². The summed E-state index contributed by atoms with van der Waals surface area (Å²) in [5.41, 5.74) is 0.376. The monoisotopic (exact) mass is 209 g/mol. The third-order valence-electron chi connectivity index (χ3n) is 1.56. The topological polar surface area (TPSA) is 55.8 Å². The molecule has 0 N–H and O–H groups in total. The second-order valence-corrected chi connectivity index (χ2v) is 2.69. The summed E-state index contributed by atoms with van der Waals surface area (Å²) in [4.78, 5) is 31.4. The van der Waals surface area contributed by atoms with Crippen LogP contribution in [-0.4, -0.2) is 24.2 Å². The van der Waals surface area contributed by atoms with Crippen LogP contribution in [0.4, 0.5) is 0 Å². The molecule has 0 aliphatic carbocycles. The van der Waals surface area contributed by atoms with Crippen molar-refractivity contribution in [2.75, 3.05) is 7.11 Å². The largest absolute Gasteiger partial charge is 0.332 e. The van der Waals surface area contributed by atoms with Gasteiger partial charge in [0, 0.05) is 12.5 Å². The van der Waals surface area contributed by atoms with Gasteiger partial charge in [0.2, 0.25) is 0 Å². The molecule has 0 saturated heterocycles. The fourth-order valence-electron chi connectivity index (χ4n) is 0.965. The van der Waals surface area contributed by atoms with E-state index in [1.807, 2.05) is 0 Å². The number of amides is 1. The quantitative estimate of drug-likeness (QED) is 0.686. The Bertz CT molecular complexity index is 350. The number of hydrogen-bond acceptors (Lipinski definition) is 4. The summed E-state index contributed by atoms with van der Waals surface area (Å²) < 4.78 is 0. The average molecular weight is 209 g/mol. The molecule has 1 aromatic carbocycles. The number of hydroxylamine groups is 2. The molecule has 0 aromatic heterocycles. The molecule has 0 aliphatic rings. The summed E-state index contributed by atoms with van der Waals surface area (Å²) in [7, 11) is 1.24. The molecule has 1 rings (SSSR count). The van der Waals surface area contributed by atoms with Gasteiger partial charge in [-0.05, 0) is 17.4 Å². The van der Waals surface area contributed by atoms with E-state index in [4.69, 9.17) is 0 Å². The Morgan fingerprint density at radius 1 is 1.20 bits per heavy atom. The highest BCUT2D eigenvalue weighted by molar-refractivity contribution is 5.93. The van der Waals surface area contributed by atoms with Crippen molar-refractivity contribution in [1.82, 2.24) is 5.23 Å². The molecule has 0 aliphatic heterocycles. The molecule has 0 spiro atoms. The molecular formula is C10H11NO4. The van der Waals surface area contributed by atoms with E-state index in [0.29, 0.717) is 10.8 Å². The van der Waals surface area contributed by atoms with E-state index in [1.54, 1.807) is 30.3 Å². The van der Waals surface area contributed by atoms with Crippen molar-refractivity contribution >= 4 is 11.9 Å². The number of carbonyl (C=O) groups is 2. The lowest BCUT2D eigenvalue weighted by atomic mass is 10.2. The first-order valence-corrected chi connectivity index (χ1v) is 4.27. The third kappa shape index (κ3) is 3.07. The minimum atomic E-state index is -0.624. The van der Waals surface area contributed by atoms with E-state index in [2.05, 4.69) is 9.68 Å². The molecule has 0 fully saturated rings. The zero-order chi connectivity index (χ0) is 11.3. The smallest absolute Gasteiger partial charge is 0.312 e. The van der Waals surface area contributed by atoms with Gasteiger partial charge < -0.3 is 4.84 Å². The lowest BCUT2D eigenvalue weighted by Gasteiger charge is -2.16. The predicted octanol–water partition coefficient (Wildman–Crippen LogP) is 1.17. The second-order valence-electron chi connectivity index (χ2n) is 2.69. The maximum absolute atomic E-state index is 11.6. The fourth-order valence-corrected chi connectivity index (χ4v) is 0.965. The molecule has 0 atom stereocenters. The van der Waals surface area contributed by atoms with Crippen LogP contribution >= 0.6 is 0 Å². The van der Waals surface area contributed by atoms with E-state index < -0.39 is 11.9 Å². The van der Waals surface area contributed by atoms with Crippen LogP contribution in [0.5, 0.6) is 0 Å². The SMILES string of the molecule is CON(OC(C)=O)C(=O)c1ccccc1. The van der Waals surface area contributed by atoms with Gasteiger partial charge in [-0.15, -0.1) is 0 Å². The number of rotatable bonds is 2. The molecule has 1 aromatic rings. The maximum Gasteiger partial charge on any atom is 0.332 e. The Hall–Kier alpha value is -1.88. The first kappa shape index (κ1) is 11.2. The van der Waals surface area contributed by atoms with Crippen LogP contribution in [0.3, 0.4) is 0 Å². The Labute approximate surface area is 87.1 Å². The van der Waals surface area contributed by atoms with Gasteiger partial charge in [0.1, 0.15) is 0 Å². The van der Waals surface area contributed by atoms with Crippen LogP contribution in [0.15, 0.2) is 30.3 Å². The van der Waals surface area contributed by atoms with Gasteiger partial charge in [-0.3, -0.25) is 4.79 Å². The molecule has 15 heavy (non-hydrogen) atoms. The van der Waals surface area contributed by atoms with Crippen LogP contribution in [0.25, 0.3) is 0 Å². The molecule has 1 amide bonds. The van der Waals surface area contributed by atoms with Gasteiger partial charge in [-0.2, -0.15) is 0 Å². The van der Waals surface area contributed by atoms with Gasteiger partial charge >= 0.3 is 11.9 Å². The van der Waals surface area contributed by atoms with E-state index in [1.165, 1.54) is 14.0 Å². The Morgan fingerprint density at radius 2 is 1.80 bits per heavy atom. The summed E-state index contributed by atoms with van der Waals surface area (Å²) in [6, 6.07) is 8.37. The van der Waals surface area contributed by atoms with Crippen LogP contribution in [-0.2, 0) is 14.5 Å². The average Bonchev–Trinajstić information content (AvgIpc) is 2.26. The predicted molar refractivity (Wildman–Crippen MR) is 51.4 cm³/mol. The fraction of sp³-hybridized carbons (Fsp3) is 0.200. The summed E-state index contributed by atoms with van der Waals surface area (Å²) in [5, 5.41) is 0.539. The van der Waals surface area contributed by atoms with Crippen molar-refractivity contribution in [2.24, 2.45) is 0 Å². The van der Waals surface area contributed by atoms with Gasteiger partial charge in [-0.25, -0.2) is 9.63 Å². The van der Waals surface area contributed by atoms with Crippen LogP contribution in [0, 0.1) is 0 Å². The number of carbonyl (C=O) groups excluding carboxylic acids is 2. The molecule has 0 unspecified atom stereocenters. The highest BCUT2D eigenvalue weighted by atomic mass is 17.0.